The maximum Gasteiger partial charge on any atom is 0.342 e. The molecule has 0 spiro atoms. The van der Waals surface area contributed by atoms with Crippen LogP contribution in [0.2, 0.25) is 0 Å². The van der Waals surface area contributed by atoms with Crippen molar-refractivity contribution < 1.29 is 23.1 Å². The first-order valence-electron chi connectivity index (χ1n) is 12.9. The van der Waals surface area contributed by atoms with E-state index in [1.54, 1.807) is 18.2 Å². The molecule has 2 N–H and O–H groups in total. The predicted octanol–water partition coefficient (Wildman–Crippen LogP) is 3.02. The van der Waals surface area contributed by atoms with Crippen molar-refractivity contribution in [2.75, 3.05) is 56.0 Å². The average molecular weight is 530 g/mol. The molecule has 0 unspecified atom stereocenters. The Morgan fingerprint density at radius 1 is 1.16 bits per heavy atom. The highest BCUT2D eigenvalue weighted by Gasteiger charge is 2.49. The molecular formula is C26H33F2N7O3. The Morgan fingerprint density at radius 2 is 1.89 bits per heavy atom. The molecule has 0 bridgehead atoms. The summed E-state index contributed by atoms with van der Waals surface area (Å²) in [5.74, 6) is -4.12. The number of nitrogens with zero attached hydrogens (tertiary/aromatic N) is 5. The lowest BCUT2D eigenvalue weighted by Crippen LogP contribution is -2.50. The summed E-state index contributed by atoms with van der Waals surface area (Å²) in [6, 6.07) is 5.05. The molecule has 0 radical (unpaired) electrons. The van der Waals surface area contributed by atoms with Crippen LogP contribution in [-0.4, -0.2) is 85.5 Å². The summed E-state index contributed by atoms with van der Waals surface area (Å²) < 4.78 is 34.9. The number of amides is 2. The molecule has 10 nitrogen and oxygen atoms in total. The van der Waals surface area contributed by atoms with Gasteiger partial charge < -0.3 is 30.1 Å². The van der Waals surface area contributed by atoms with Crippen LogP contribution in [0.25, 0.3) is 0 Å². The number of benzene rings is 1. The second-order valence-electron chi connectivity index (χ2n) is 10.3. The van der Waals surface area contributed by atoms with Crippen molar-refractivity contribution in [2.24, 2.45) is 0 Å². The molecule has 204 valence electrons. The average Bonchev–Trinajstić information content (AvgIpc) is 2.93. The molecule has 2 aromatic rings. The number of carbonyl (C=O) groups is 2. The molecule has 12 heteroatoms. The van der Waals surface area contributed by atoms with E-state index < -0.39 is 18.4 Å². The van der Waals surface area contributed by atoms with E-state index in [0.717, 1.165) is 50.1 Å². The predicted molar refractivity (Wildman–Crippen MR) is 140 cm³/mol. The number of halogens is 2. The molecule has 1 saturated heterocycles. The lowest BCUT2D eigenvalue weighted by molar-refractivity contribution is -0.140. The van der Waals surface area contributed by atoms with Crippen LogP contribution < -0.4 is 25.2 Å². The van der Waals surface area contributed by atoms with Crippen molar-refractivity contribution in [1.29, 1.82) is 0 Å². The van der Waals surface area contributed by atoms with Crippen LogP contribution in [0.5, 0.6) is 5.75 Å². The number of carbonyl (C=O) groups excluding carboxylic acids is 2. The summed E-state index contributed by atoms with van der Waals surface area (Å²) in [7, 11) is 4.88. The fourth-order valence-electron chi connectivity index (χ4n) is 5.06. The number of hydrogen-bond donors (Lipinski definition) is 2. The number of ether oxygens (including phenoxy) is 1. The highest BCUT2D eigenvalue weighted by atomic mass is 19.3. The van der Waals surface area contributed by atoms with E-state index in [2.05, 4.69) is 32.5 Å². The van der Waals surface area contributed by atoms with Gasteiger partial charge in [-0.15, -0.1) is 0 Å². The second kappa shape index (κ2) is 10.3. The van der Waals surface area contributed by atoms with Gasteiger partial charge in [0.25, 0.3) is 11.8 Å². The van der Waals surface area contributed by atoms with Gasteiger partial charge in [0.05, 0.1) is 25.5 Å². The normalized spacial score (nSPS) is 20.4. The maximum absolute atomic E-state index is 14.7. The molecular weight excluding hydrogens is 496 g/mol. The standard InChI is InChI=1S/C26H33F2N7O3/c1-33-11-9-17(10-12-33)30-23(36)16-7-8-19(21(13-16)38-3)31-25-29-14-20-22(32-25)35(18-5-4-6-18)15-26(27,28)24(37)34(20)2/h7-8,13-14,17-18H,4-6,9-12,15H2,1-3H3,(H,30,36)(H,29,31,32). The van der Waals surface area contributed by atoms with Gasteiger partial charge in [0, 0.05) is 24.7 Å². The Bertz CT molecular complexity index is 1220. The quantitative estimate of drug-likeness (QED) is 0.589. The number of likely N-dealkylation sites (tertiary alicyclic amines) is 1. The first-order valence-corrected chi connectivity index (χ1v) is 12.9. The third kappa shape index (κ3) is 5.09. The van der Waals surface area contributed by atoms with E-state index in [1.165, 1.54) is 25.3 Å². The monoisotopic (exact) mass is 529 g/mol. The first-order chi connectivity index (χ1) is 18.2. The number of piperidine rings is 1. The Labute approximate surface area is 220 Å². The Kier molecular flexibility index (Phi) is 7.08. The van der Waals surface area contributed by atoms with Crippen LogP contribution >= 0.6 is 0 Å². The van der Waals surface area contributed by atoms with Crippen molar-refractivity contribution >= 4 is 35.0 Å². The Balaban J connectivity index is 1.38. The third-order valence-corrected chi connectivity index (χ3v) is 7.65. The SMILES string of the molecule is COc1cc(C(=O)NC2CCN(C)CC2)ccc1Nc1ncc2c(n1)N(C1CCC1)CC(F)(F)C(=O)N2C. The number of alkyl halides is 2. The molecule has 1 aliphatic carbocycles. The number of fused-ring (bicyclic) bond motifs is 1. The van der Waals surface area contributed by atoms with Crippen molar-refractivity contribution in [1.82, 2.24) is 20.2 Å². The van der Waals surface area contributed by atoms with Crippen molar-refractivity contribution in [3.05, 3.63) is 30.0 Å². The molecule has 38 heavy (non-hydrogen) atoms. The molecule has 3 aliphatic rings. The lowest BCUT2D eigenvalue weighted by atomic mass is 9.91. The third-order valence-electron chi connectivity index (χ3n) is 7.65. The summed E-state index contributed by atoms with van der Waals surface area (Å²) >= 11 is 0. The van der Waals surface area contributed by atoms with Crippen LogP contribution in [0.4, 0.5) is 31.9 Å². The fourth-order valence-corrected chi connectivity index (χ4v) is 5.06. The fraction of sp³-hybridized carbons (Fsp3) is 0.538. The molecule has 2 amide bonds. The van der Waals surface area contributed by atoms with E-state index in [9.17, 15) is 18.4 Å². The highest BCUT2D eigenvalue weighted by molar-refractivity contribution is 6.02. The summed E-state index contributed by atoms with van der Waals surface area (Å²) in [5, 5.41) is 6.18. The molecule has 1 aromatic carbocycles. The van der Waals surface area contributed by atoms with Gasteiger partial charge in [0.1, 0.15) is 11.4 Å². The lowest BCUT2D eigenvalue weighted by Gasteiger charge is -2.38. The maximum atomic E-state index is 14.7. The van der Waals surface area contributed by atoms with E-state index in [4.69, 9.17) is 4.74 Å². The molecule has 0 atom stereocenters. The van der Waals surface area contributed by atoms with E-state index in [1.807, 2.05) is 0 Å². The largest absolute Gasteiger partial charge is 0.495 e. The molecule has 2 aliphatic heterocycles. The molecule has 1 saturated carbocycles. The van der Waals surface area contributed by atoms with Crippen LogP contribution in [0.3, 0.4) is 0 Å². The van der Waals surface area contributed by atoms with Crippen LogP contribution in [-0.2, 0) is 4.79 Å². The van der Waals surface area contributed by atoms with E-state index in [-0.39, 0.29) is 35.4 Å². The van der Waals surface area contributed by atoms with Gasteiger partial charge in [0.2, 0.25) is 5.95 Å². The topological polar surface area (TPSA) is 103 Å². The summed E-state index contributed by atoms with van der Waals surface area (Å²) in [4.78, 5) is 38.8. The van der Waals surface area contributed by atoms with Crippen molar-refractivity contribution in [2.45, 2.75) is 50.1 Å². The second-order valence-corrected chi connectivity index (χ2v) is 10.3. The van der Waals surface area contributed by atoms with Gasteiger partial charge >= 0.3 is 5.92 Å². The summed E-state index contributed by atoms with van der Waals surface area (Å²) in [5.41, 5.74) is 1.21. The number of methoxy groups -OCH3 is 1. The number of anilines is 4. The van der Waals surface area contributed by atoms with Gasteiger partial charge in [-0.2, -0.15) is 13.8 Å². The number of nitrogens with one attached hydrogen (secondary N) is 2. The number of aromatic nitrogens is 2. The van der Waals surface area contributed by atoms with Gasteiger partial charge in [-0.1, -0.05) is 0 Å². The van der Waals surface area contributed by atoms with Gasteiger partial charge in [-0.25, -0.2) is 4.98 Å². The summed E-state index contributed by atoms with van der Waals surface area (Å²) in [6.07, 6.45) is 5.64. The minimum atomic E-state index is -3.54. The Morgan fingerprint density at radius 3 is 2.55 bits per heavy atom. The number of hydrogen-bond acceptors (Lipinski definition) is 8. The molecule has 1 aromatic heterocycles. The summed E-state index contributed by atoms with van der Waals surface area (Å²) in [6.45, 7) is 1.16. The zero-order valence-electron chi connectivity index (χ0n) is 21.8. The Hall–Kier alpha value is -3.54. The van der Waals surface area contributed by atoms with Gasteiger partial charge in [0.15, 0.2) is 5.82 Å². The zero-order valence-corrected chi connectivity index (χ0v) is 21.8. The van der Waals surface area contributed by atoms with Crippen LogP contribution in [0, 0.1) is 0 Å². The molecule has 2 fully saturated rings. The zero-order chi connectivity index (χ0) is 27.0. The van der Waals surface area contributed by atoms with E-state index in [0.29, 0.717) is 17.0 Å². The highest BCUT2D eigenvalue weighted by Crippen LogP contribution is 2.40. The minimum Gasteiger partial charge on any atom is -0.495 e. The van der Waals surface area contributed by atoms with Crippen LogP contribution in [0.1, 0.15) is 42.5 Å². The van der Waals surface area contributed by atoms with Crippen molar-refractivity contribution in [3.8, 4) is 5.75 Å². The molecule has 5 rings (SSSR count). The number of rotatable bonds is 6. The van der Waals surface area contributed by atoms with E-state index >= 15 is 0 Å². The van der Waals surface area contributed by atoms with Gasteiger partial charge in [-0.3, -0.25) is 9.59 Å². The van der Waals surface area contributed by atoms with Gasteiger partial charge in [-0.05, 0) is 70.4 Å². The minimum absolute atomic E-state index is 0.112. The van der Waals surface area contributed by atoms with Crippen molar-refractivity contribution in [3.63, 3.8) is 0 Å². The smallest absolute Gasteiger partial charge is 0.342 e. The molecule has 3 heterocycles. The first kappa shape index (κ1) is 26.1. The van der Waals surface area contributed by atoms with Crippen LogP contribution in [0.15, 0.2) is 24.4 Å².